The molecular formula is C57H126ClN7O23. The van der Waals surface area contributed by atoms with Crippen LogP contribution in [0.5, 0.6) is 0 Å². The fraction of sp³-hybridized carbons (Fsp3) is 0.772. The average Bonchev–Trinajstić information content (AvgIpc) is 3.31. The molecule has 14 N–H and O–H groups in total. The van der Waals surface area contributed by atoms with E-state index in [2.05, 4.69) is 10.1 Å². The molecule has 0 aliphatic heterocycles. The van der Waals surface area contributed by atoms with E-state index in [0.717, 1.165) is 0 Å². The van der Waals surface area contributed by atoms with Crippen molar-refractivity contribution in [1.29, 1.82) is 0 Å². The average molecular weight is 1310 g/mol. The first kappa shape index (κ1) is 112. The standard InChI is InChI=1S/C9H17NO5.C9H20NO4.C8H18NO3.2C7H15NO3.C7H16NO2.C6H11NO3.4CH3.ClH/c1-8(13)6-10(2-4-11,3-5-12)7-9(14)15;1-9(14)8-10(2-5-11,3-6-12)4-7-13;1-8(12)7-9(2,3-5-10)4-6-11;2*1-7(11)6-8(2-4-9)3-5-10;1-7(10)6-8(2,3)4-5-9;1-5(8)3-7-4-10-6(2)9;;;;;/h11-12H,2-7H2,1H3;11-13H,2-8H2,1H3;10-11H,3-7H2,1-2H3;2*9-10H,2-6H2,1H3;9H,4-6H2,1-3H3;7H,3-4H2,1-2H3;4*1H3;1H/q;2*+1;;;+1;;4*-1;/p+1. The van der Waals surface area contributed by atoms with E-state index in [1.807, 2.05) is 21.1 Å². The number of carboxylic acids is 1. The van der Waals surface area contributed by atoms with Gasteiger partial charge in [-0.2, -0.15) is 0 Å². The fourth-order valence-electron chi connectivity index (χ4n) is 7.71. The van der Waals surface area contributed by atoms with E-state index in [4.69, 9.17) is 66.4 Å². The summed E-state index contributed by atoms with van der Waals surface area (Å²) in [5.74, 6) is -1.18. The molecule has 88 heavy (non-hydrogen) atoms. The zero-order valence-electron chi connectivity index (χ0n) is 56.3. The lowest BCUT2D eigenvalue weighted by atomic mass is 10.2. The van der Waals surface area contributed by atoms with E-state index in [1.165, 1.54) is 48.5 Å². The van der Waals surface area contributed by atoms with Gasteiger partial charge in [0.05, 0.1) is 120 Å². The Labute approximate surface area is 533 Å². The highest BCUT2D eigenvalue weighted by molar-refractivity contribution is 5.85. The van der Waals surface area contributed by atoms with Crippen molar-refractivity contribution in [1.82, 2.24) is 15.1 Å². The Kier molecular flexibility index (Phi) is 91.7. The highest BCUT2D eigenvalue weighted by Crippen LogP contribution is 2.07. The summed E-state index contributed by atoms with van der Waals surface area (Å²) in [7, 11) is 5.71. The molecule has 0 atom stereocenters. The number of aliphatic hydroxyl groups excluding tert-OH is 12. The van der Waals surface area contributed by atoms with Crippen molar-refractivity contribution >= 4 is 64.8 Å². The lowest BCUT2D eigenvalue weighted by Crippen LogP contribution is -2.56. The topological polar surface area (TPSA) is 444 Å². The third kappa shape index (κ3) is 84.2. The van der Waals surface area contributed by atoms with Crippen LogP contribution in [0.1, 0.15) is 55.4 Å². The van der Waals surface area contributed by atoms with Gasteiger partial charge in [0.15, 0.2) is 29.7 Å². The van der Waals surface area contributed by atoms with Crippen molar-refractivity contribution in [3.8, 4) is 0 Å². The second kappa shape index (κ2) is 72.2. The predicted molar refractivity (Wildman–Crippen MR) is 340 cm³/mol. The minimum absolute atomic E-state index is 0. The molecule has 0 saturated carbocycles. The van der Waals surface area contributed by atoms with E-state index in [-0.39, 0.29) is 223 Å². The number of likely N-dealkylation sites (N-methyl/N-ethyl adjacent to an activating group) is 2. The summed E-state index contributed by atoms with van der Waals surface area (Å²) < 4.78 is 5.65. The van der Waals surface area contributed by atoms with Gasteiger partial charge in [0.2, 0.25) is 0 Å². The number of ether oxygens (including phenoxy) is 1. The summed E-state index contributed by atoms with van der Waals surface area (Å²) in [6.07, 6.45) is 0. The Morgan fingerprint density at radius 1 is 0.364 bits per heavy atom. The molecular weight excluding hydrogens is 1190 g/mol. The van der Waals surface area contributed by atoms with Crippen LogP contribution in [0.15, 0.2) is 0 Å². The van der Waals surface area contributed by atoms with Gasteiger partial charge in [0.1, 0.15) is 103 Å². The van der Waals surface area contributed by atoms with E-state index < -0.39 is 5.97 Å². The smallest absolute Gasteiger partial charge is 0.359 e. The highest BCUT2D eigenvalue weighted by Gasteiger charge is 2.31. The number of halogens is 1. The monoisotopic (exact) mass is 1310 g/mol. The summed E-state index contributed by atoms with van der Waals surface area (Å²) in [6.45, 7) is 18.2. The van der Waals surface area contributed by atoms with E-state index in [0.29, 0.717) is 101 Å². The number of nitrogens with one attached hydrogen (secondary N) is 1. The van der Waals surface area contributed by atoms with E-state index in [9.17, 15) is 43.2 Å². The molecule has 0 heterocycles. The number of carbonyl (C=O) groups is 9. The number of ketones is 7. The number of nitrogens with zero attached hydrogens (tertiary/aromatic N) is 6. The molecule has 0 bridgehead atoms. The number of quaternary nitrogens is 4. The molecule has 0 spiro atoms. The van der Waals surface area contributed by atoms with E-state index in [1.54, 1.807) is 16.7 Å². The minimum atomic E-state index is -1.04. The van der Waals surface area contributed by atoms with Crippen LogP contribution >= 0.6 is 12.4 Å². The van der Waals surface area contributed by atoms with Gasteiger partial charge in [-0.15, -0.1) is 12.4 Å². The number of hydrogen-bond acceptors (Lipinski definition) is 25. The Balaban J connectivity index is -0.0000000762. The molecule has 0 fully saturated rings. The van der Waals surface area contributed by atoms with Gasteiger partial charge >= 0.3 is 11.9 Å². The summed E-state index contributed by atoms with van der Waals surface area (Å²) in [5, 5.41) is 116. The largest absolute Gasteiger partial charge is 0.477 e. The summed E-state index contributed by atoms with van der Waals surface area (Å²) in [4.78, 5) is 99.2. The van der Waals surface area contributed by atoms with Crippen LogP contribution in [0.4, 0.5) is 0 Å². The van der Waals surface area contributed by atoms with Crippen molar-refractivity contribution in [3.05, 3.63) is 29.7 Å². The van der Waals surface area contributed by atoms with Crippen LogP contribution in [-0.4, -0.2) is 385 Å². The Morgan fingerprint density at radius 2 is 0.648 bits per heavy atom. The second-order valence-electron chi connectivity index (χ2n) is 20.6. The third-order valence-corrected chi connectivity index (χ3v) is 11.0. The summed E-state index contributed by atoms with van der Waals surface area (Å²) >= 11 is 0. The van der Waals surface area contributed by atoms with Gasteiger partial charge in [0, 0.05) is 60.8 Å². The molecule has 30 nitrogen and oxygen atoms in total. The van der Waals surface area contributed by atoms with Crippen molar-refractivity contribution in [2.75, 3.05) is 238 Å². The van der Waals surface area contributed by atoms with Crippen LogP contribution in [0.25, 0.3) is 0 Å². The Bertz CT molecular complexity index is 1600. The molecule has 31 heteroatoms. The number of carbonyl (C=O) groups excluding carboxylic acids is 8. The van der Waals surface area contributed by atoms with Crippen molar-refractivity contribution in [2.24, 2.45) is 0 Å². The van der Waals surface area contributed by atoms with Crippen LogP contribution in [0, 0.1) is 29.7 Å². The molecule has 0 saturated heterocycles. The minimum Gasteiger partial charge on any atom is -0.477 e. The molecule has 0 aromatic heterocycles. The number of carboxylic acid groups (broad SMARTS) is 1. The quantitative estimate of drug-likeness (QED) is 0.00896. The van der Waals surface area contributed by atoms with Crippen molar-refractivity contribution in [3.63, 3.8) is 0 Å². The van der Waals surface area contributed by atoms with Crippen LogP contribution in [0.3, 0.4) is 0 Å². The lowest BCUT2D eigenvalue weighted by molar-refractivity contribution is -0.921. The van der Waals surface area contributed by atoms with Gasteiger partial charge in [0.25, 0.3) is 0 Å². The molecule has 0 radical (unpaired) electrons. The predicted octanol–water partition coefficient (Wildman–Crippen LogP) is -4.89. The Hall–Kier alpha value is -3.84. The fourth-order valence-corrected chi connectivity index (χ4v) is 7.71. The number of rotatable bonds is 42. The maximum Gasteiger partial charge on any atom is 0.359 e. The SMILES string of the molecule is CC(=O)CN(CCO)CCO.CC(=O)CN(CCO)CCO.CC(=O)CNCOC(C)=O.CC(=O)C[N+](C)(C)CCO.CC(=O)C[N+](C)(CCO)CCO.CC(=O)C[N+](CCO)(CCO)CC(=O)O.CC(=O)C[N+](CCO)(CCO)CCO.Cl.[CH3-].[CH3-].[CH3-].[CH3-]. The normalized spacial score (nSPS) is 10.4. The molecule has 0 unspecified atom stereocenters. The molecule has 0 amide bonds. The van der Waals surface area contributed by atoms with E-state index >= 15 is 0 Å². The van der Waals surface area contributed by atoms with Gasteiger partial charge in [-0.05, 0) is 20.8 Å². The zero-order valence-corrected chi connectivity index (χ0v) is 57.1. The van der Waals surface area contributed by atoms with Gasteiger partial charge in [-0.3, -0.25) is 53.5 Å². The van der Waals surface area contributed by atoms with Crippen LogP contribution in [0.2, 0.25) is 0 Å². The maximum absolute atomic E-state index is 11.0. The molecule has 534 valence electrons. The van der Waals surface area contributed by atoms with Crippen molar-refractivity contribution < 1.29 is 132 Å². The highest BCUT2D eigenvalue weighted by atomic mass is 35.5. The lowest BCUT2D eigenvalue weighted by Gasteiger charge is -2.36. The number of Topliss-reactive ketones (excluding diaryl/α,β-unsaturated/α-hetero) is 7. The first-order valence-electron chi connectivity index (χ1n) is 27.2. The summed E-state index contributed by atoms with van der Waals surface area (Å²) in [5.41, 5.74) is 0. The first-order valence-corrected chi connectivity index (χ1v) is 27.2. The van der Waals surface area contributed by atoms with Crippen LogP contribution < -0.4 is 5.32 Å². The van der Waals surface area contributed by atoms with Crippen LogP contribution in [-0.2, 0) is 47.9 Å². The number of aliphatic hydroxyl groups is 12. The summed E-state index contributed by atoms with van der Waals surface area (Å²) in [6, 6.07) is 0. The zero-order chi connectivity index (χ0) is 66.1. The molecule has 0 aromatic carbocycles. The van der Waals surface area contributed by atoms with Crippen molar-refractivity contribution in [2.45, 2.75) is 55.4 Å². The second-order valence-corrected chi connectivity index (χ2v) is 20.6. The molecule has 0 aromatic rings. The van der Waals surface area contributed by atoms with Gasteiger partial charge in [-0.25, -0.2) is 4.79 Å². The third-order valence-electron chi connectivity index (χ3n) is 11.0. The number of aliphatic carboxylic acids is 1. The van der Waals surface area contributed by atoms with Gasteiger partial charge in [-0.1, -0.05) is 0 Å². The van der Waals surface area contributed by atoms with Gasteiger partial charge < -0.3 is 119 Å². The molecule has 0 rings (SSSR count). The maximum atomic E-state index is 11.0. The molecule has 0 aliphatic carbocycles. The Morgan fingerprint density at radius 3 is 0.875 bits per heavy atom. The number of hydrogen-bond donors (Lipinski definition) is 14. The first-order chi connectivity index (χ1) is 38.6. The number of esters is 1. The molecule has 0 aliphatic rings.